The predicted molar refractivity (Wildman–Crippen MR) is 60.1 cm³/mol. The Balaban J connectivity index is 2.25. The number of hydrogen-bond donors (Lipinski definition) is 0. The molecule has 0 atom stereocenters. The van der Waals surface area contributed by atoms with Gasteiger partial charge in [0, 0.05) is 20.0 Å². The van der Waals surface area contributed by atoms with Crippen LogP contribution in [0.5, 0.6) is 5.75 Å². The highest BCUT2D eigenvalue weighted by molar-refractivity contribution is 7.90. The molecular weight excluding hydrogens is 238 g/mol. The van der Waals surface area contributed by atoms with Crippen LogP contribution in [0.25, 0.3) is 0 Å². The molecule has 0 radical (unpaired) electrons. The van der Waals surface area contributed by atoms with Crippen molar-refractivity contribution in [3.8, 4) is 5.75 Å². The number of alkyl halides is 1. The van der Waals surface area contributed by atoms with E-state index in [2.05, 4.69) is 9.32 Å². The largest absolute Gasteiger partial charge is 0.399 e. The third-order valence-electron chi connectivity index (χ3n) is 1.42. The molecule has 0 amide bonds. The van der Waals surface area contributed by atoms with Gasteiger partial charge in [-0.15, -0.1) is 20.9 Å². The third kappa shape index (κ3) is 5.25. The van der Waals surface area contributed by atoms with Gasteiger partial charge in [-0.3, -0.25) is 0 Å². The molecule has 0 saturated heterocycles. The van der Waals surface area contributed by atoms with Crippen LogP contribution >= 0.6 is 23.9 Å². The molecule has 1 rings (SSSR count). The topological polar surface area (TPSA) is 30.9 Å². The first kappa shape index (κ1) is 12.6. The van der Waals surface area contributed by atoms with Crippen LogP contribution in [0.4, 0.5) is 0 Å². The molecule has 1 aromatic rings. The summed E-state index contributed by atoms with van der Waals surface area (Å²) in [5.41, 5.74) is 1.04. The minimum atomic E-state index is 0.494. The van der Waals surface area contributed by atoms with Crippen LogP contribution in [-0.4, -0.2) is 19.2 Å². The van der Waals surface area contributed by atoms with Gasteiger partial charge >= 0.3 is 0 Å². The highest BCUT2D eigenvalue weighted by atomic mass is 35.5. The summed E-state index contributed by atoms with van der Waals surface area (Å²) in [5.74, 6) is 1.17. The molecule has 6 heteroatoms. The molecule has 0 spiro atoms. The first-order valence-corrected chi connectivity index (χ1v) is 5.42. The number of rotatable bonds is 6. The Labute approximate surface area is 98.4 Å². The smallest absolute Gasteiger partial charge is 0.260 e. The zero-order chi connectivity index (χ0) is 11.1. The van der Waals surface area contributed by atoms with Crippen LogP contribution in [0.3, 0.4) is 0 Å². The van der Waals surface area contributed by atoms with Crippen LogP contribution in [0, 0.1) is 0 Å². The SMILES string of the molecule is CN(C)OOSOc1ccc(CCl)cc1. The maximum Gasteiger partial charge on any atom is 0.260 e. The molecule has 0 fully saturated rings. The van der Waals surface area contributed by atoms with Crippen molar-refractivity contribution in [2.75, 3.05) is 14.1 Å². The molecule has 1 aromatic carbocycles. The summed E-state index contributed by atoms with van der Waals surface area (Å²) in [6.07, 6.45) is 0. The van der Waals surface area contributed by atoms with E-state index in [-0.39, 0.29) is 0 Å². The second-order valence-electron chi connectivity index (χ2n) is 2.88. The highest BCUT2D eigenvalue weighted by Gasteiger charge is 1.98. The number of hydrogen-bond acceptors (Lipinski definition) is 5. The molecule has 0 aliphatic heterocycles. The molecule has 0 unspecified atom stereocenters. The van der Waals surface area contributed by atoms with E-state index in [1.165, 1.54) is 5.06 Å². The average molecular weight is 250 g/mol. The van der Waals surface area contributed by atoms with Crippen molar-refractivity contribution < 1.29 is 13.5 Å². The third-order valence-corrected chi connectivity index (χ3v) is 2.10. The normalized spacial score (nSPS) is 10.7. The zero-order valence-electron chi connectivity index (χ0n) is 8.47. The summed E-state index contributed by atoms with van der Waals surface area (Å²) in [4.78, 5) is 4.66. The number of benzene rings is 1. The van der Waals surface area contributed by atoms with Gasteiger partial charge in [-0.25, -0.2) is 0 Å². The monoisotopic (exact) mass is 249 g/mol. The lowest BCUT2D eigenvalue weighted by Gasteiger charge is -2.07. The first-order chi connectivity index (χ1) is 7.22. The van der Waals surface area contributed by atoms with Crippen molar-refractivity contribution in [1.82, 2.24) is 5.06 Å². The van der Waals surface area contributed by atoms with Crippen LogP contribution in [0.1, 0.15) is 5.56 Å². The lowest BCUT2D eigenvalue weighted by atomic mass is 10.2. The van der Waals surface area contributed by atoms with Crippen molar-refractivity contribution in [2.24, 2.45) is 0 Å². The fraction of sp³-hybridized carbons (Fsp3) is 0.333. The first-order valence-electron chi connectivity index (χ1n) is 4.22. The van der Waals surface area contributed by atoms with Gasteiger partial charge in [0.25, 0.3) is 12.3 Å². The van der Waals surface area contributed by atoms with Crippen molar-refractivity contribution in [3.05, 3.63) is 29.8 Å². The fourth-order valence-corrected chi connectivity index (χ4v) is 1.30. The van der Waals surface area contributed by atoms with Gasteiger partial charge in [-0.05, 0) is 17.7 Å². The lowest BCUT2D eigenvalue weighted by molar-refractivity contribution is -0.342. The maximum absolute atomic E-state index is 5.64. The second-order valence-corrected chi connectivity index (χ2v) is 3.59. The molecule has 0 aliphatic carbocycles. The molecule has 0 aromatic heterocycles. The molecule has 15 heavy (non-hydrogen) atoms. The molecule has 84 valence electrons. The standard InChI is InChI=1S/C9H12ClNO3S/c1-11(2)13-14-15-12-9-5-3-8(7-10)4-6-9/h3-6H,7H2,1-2H3. The van der Waals surface area contributed by atoms with Crippen LogP contribution in [0.15, 0.2) is 24.3 Å². The van der Waals surface area contributed by atoms with Gasteiger partial charge in [-0.2, -0.15) is 5.06 Å². The Morgan fingerprint density at radius 1 is 1.27 bits per heavy atom. The Kier molecular flexibility index (Phi) is 5.82. The maximum atomic E-state index is 5.64. The van der Waals surface area contributed by atoms with Gasteiger partial charge in [0.1, 0.15) is 5.75 Å². The molecule has 0 heterocycles. The Morgan fingerprint density at radius 2 is 1.93 bits per heavy atom. The van der Waals surface area contributed by atoms with E-state index in [0.29, 0.717) is 11.6 Å². The average Bonchev–Trinajstić information content (AvgIpc) is 2.25. The van der Waals surface area contributed by atoms with Gasteiger partial charge in [0.05, 0.1) is 0 Å². The van der Waals surface area contributed by atoms with Crippen molar-refractivity contribution in [2.45, 2.75) is 5.88 Å². The summed E-state index contributed by atoms with van der Waals surface area (Å²) < 4.78 is 9.81. The van der Waals surface area contributed by atoms with E-state index in [9.17, 15) is 0 Å². The number of nitrogens with zero attached hydrogens (tertiary/aromatic N) is 1. The molecular formula is C9H12ClNO3S. The van der Waals surface area contributed by atoms with E-state index >= 15 is 0 Å². The summed E-state index contributed by atoms with van der Waals surface area (Å²) in [7, 11) is 3.41. The molecule has 4 nitrogen and oxygen atoms in total. The van der Waals surface area contributed by atoms with Crippen molar-refractivity contribution in [3.63, 3.8) is 0 Å². The lowest BCUT2D eigenvalue weighted by Crippen LogP contribution is -2.10. The van der Waals surface area contributed by atoms with Crippen LogP contribution < -0.4 is 4.18 Å². The van der Waals surface area contributed by atoms with E-state index in [1.807, 2.05) is 24.3 Å². The van der Waals surface area contributed by atoms with Gasteiger partial charge in [0.15, 0.2) is 0 Å². The van der Waals surface area contributed by atoms with Crippen LogP contribution in [-0.2, 0) is 15.2 Å². The van der Waals surface area contributed by atoms with Crippen molar-refractivity contribution in [1.29, 1.82) is 0 Å². The molecule has 0 bridgehead atoms. The summed E-state index contributed by atoms with van der Waals surface area (Å²) in [6, 6.07) is 7.39. The minimum absolute atomic E-state index is 0.494. The Morgan fingerprint density at radius 3 is 2.47 bits per heavy atom. The second kappa shape index (κ2) is 6.92. The fourth-order valence-electron chi connectivity index (χ4n) is 0.761. The van der Waals surface area contributed by atoms with Gasteiger partial charge in [-0.1, -0.05) is 12.1 Å². The van der Waals surface area contributed by atoms with E-state index < -0.39 is 0 Å². The summed E-state index contributed by atoms with van der Waals surface area (Å²) >= 11 is 6.40. The van der Waals surface area contributed by atoms with E-state index in [0.717, 1.165) is 17.9 Å². The predicted octanol–water partition coefficient (Wildman–Crippen LogP) is 2.79. The van der Waals surface area contributed by atoms with E-state index in [4.69, 9.17) is 15.8 Å². The molecule has 0 N–H and O–H groups in total. The minimum Gasteiger partial charge on any atom is -0.399 e. The van der Waals surface area contributed by atoms with Gasteiger partial charge in [0.2, 0.25) is 0 Å². The van der Waals surface area contributed by atoms with E-state index in [1.54, 1.807) is 14.1 Å². The van der Waals surface area contributed by atoms with Crippen molar-refractivity contribution >= 4 is 23.9 Å². The van der Waals surface area contributed by atoms with Crippen LogP contribution in [0.2, 0.25) is 0 Å². The summed E-state index contributed by atoms with van der Waals surface area (Å²) in [5, 5.41) is 1.41. The highest BCUT2D eigenvalue weighted by Crippen LogP contribution is 2.18. The Bertz CT molecular complexity index is 281. The zero-order valence-corrected chi connectivity index (χ0v) is 10.0. The quantitative estimate of drug-likeness (QED) is 0.254. The molecule has 0 aliphatic rings. The number of hydroxylamine groups is 2. The summed E-state index contributed by atoms with van der Waals surface area (Å²) in [6.45, 7) is 0. The number of halogens is 1. The molecule has 0 saturated carbocycles. The van der Waals surface area contributed by atoms with Gasteiger partial charge < -0.3 is 4.18 Å². The Hall–Kier alpha value is -0.460.